The van der Waals surface area contributed by atoms with E-state index in [2.05, 4.69) is 26.7 Å². The summed E-state index contributed by atoms with van der Waals surface area (Å²) < 4.78 is 0. The molecule has 0 fully saturated rings. The highest BCUT2D eigenvalue weighted by Crippen LogP contribution is 2.29. The minimum atomic E-state index is -0.0702. The number of nitrogens with zero attached hydrogens (tertiary/aromatic N) is 2. The van der Waals surface area contributed by atoms with Gasteiger partial charge in [-0.05, 0) is 56.2 Å². The second-order valence-electron chi connectivity index (χ2n) is 6.03. The van der Waals surface area contributed by atoms with Crippen LogP contribution in [-0.2, 0) is 4.79 Å². The highest BCUT2D eigenvalue weighted by molar-refractivity contribution is 5.93. The van der Waals surface area contributed by atoms with Crippen molar-refractivity contribution in [2.24, 2.45) is 0 Å². The molecular weight excluding hydrogens is 300 g/mol. The van der Waals surface area contributed by atoms with Crippen LogP contribution in [0.2, 0.25) is 0 Å². The second-order valence-corrected chi connectivity index (χ2v) is 6.03. The van der Waals surface area contributed by atoms with Crippen LogP contribution < -0.4 is 10.6 Å². The Morgan fingerprint density at radius 3 is 2.38 bits per heavy atom. The highest BCUT2D eigenvalue weighted by Gasteiger charge is 2.09. The first kappa shape index (κ1) is 15.9. The summed E-state index contributed by atoms with van der Waals surface area (Å²) >= 11 is 0. The van der Waals surface area contributed by atoms with Gasteiger partial charge in [0.1, 0.15) is 12.1 Å². The summed E-state index contributed by atoms with van der Waals surface area (Å²) in [5, 5.41) is 7.23. The predicted octanol–water partition coefficient (Wildman–Crippen LogP) is 4.26. The molecule has 0 unspecified atom stereocenters. The lowest BCUT2D eigenvalue weighted by Gasteiger charge is -2.14. The molecule has 0 atom stereocenters. The number of anilines is 3. The molecule has 0 aliphatic carbocycles. The number of hydrogen-bond acceptors (Lipinski definition) is 4. The van der Waals surface area contributed by atoms with Gasteiger partial charge in [-0.1, -0.05) is 11.6 Å². The van der Waals surface area contributed by atoms with Gasteiger partial charge in [-0.25, -0.2) is 9.97 Å². The number of rotatable bonds is 3. The summed E-state index contributed by atoms with van der Waals surface area (Å²) in [5.74, 6) is 0.703. The van der Waals surface area contributed by atoms with Crippen molar-refractivity contribution >= 4 is 34.0 Å². The van der Waals surface area contributed by atoms with E-state index in [9.17, 15) is 4.79 Å². The fourth-order valence-corrected chi connectivity index (χ4v) is 2.82. The zero-order valence-electron chi connectivity index (χ0n) is 14.3. The molecule has 122 valence electrons. The van der Waals surface area contributed by atoms with Gasteiger partial charge in [0.25, 0.3) is 0 Å². The monoisotopic (exact) mass is 320 g/mol. The number of fused-ring (bicyclic) bond motifs is 1. The summed E-state index contributed by atoms with van der Waals surface area (Å²) in [6.07, 6.45) is 1.56. The molecule has 0 saturated heterocycles. The first-order chi connectivity index (χ1) is 11.4. The van der Waals surface area contributed by atoms with Crippen LogP contribution in [0.25, 0.3) is 10.9 Å². The lowest BCUT2D eigenvalue weighted by atomic mass is 10.1. The fourth-order valence-electron chi connectivity index (χ4n) is 2.82. The van der Waals surface area contributed by atoms with Gasteiger partial charge in [0.2, 0.25) is 5.91 Å². The maximum Gasteiger partial charge on any atom is 0.221 e. The molecule has 3 aromatic rings. The number of carbonyl (C=O) groups excluding carboxylic acids is 1. The number of carbonyl (C=O) groups is 1. The van der Waals surface area contributed by atoms with E-state index in [0.717, 1.165) is 44.8 Å². The fraction of sp³-hybridized carbons (Fsp3) is 0.211. The van der Waals surface area contributed by atoms with Crippen molar-refractivity contribution in [3.05, 3.63) is 53.3 Å². The molecule has 0 spiro atoms. The third-order valence-electron chi connectivity index (χ3n) is 3.89. The van der Waals surface area contributed by atoms with E-state index >= 15 is 0 Å². The number of amides is 1. The first-order valence-electron chi connectivity index (χ1n) is 7.81. The molecule has 0 bridgehead atoms. The van der Waals surface area contributed by atoms with Crippen LogP contribution in [0.4, 0.5) is 17.2 Å². The summed E-state index contributed by atoms with van der Waals surface area (Å²) in [6, 6.07) is 10.1. The largest absolute Gasteiger partial charge is 0.340 e. The zero-order valence-corrected chi connectivity index (χ0v) is 14.3. The van der Waals surface area contributed by atoms with Crippen molar-refractivity contribution in [3.8, 4) is 0 Å². The lowest BCUT2D eigenvalue weighted by molar-refractivity contribution is -0.114. The summed E-state index contributed by atoms with van der Waals surface area (Å²) in [5.41, 5.74) is 5.86. The molecule has 1 amide bonds. The van der Waals surface area contributed by atoms with Gasteiger partial charge in [0.05, 0.1) is 5.52 Å². The van der Waals surface area contributed by atoms with Crippen molar-refractivity contribution < 1.29 is 4.79 Å². The van der Waals surface area contributed by atoms with Crippen LogP contribution in [0.15, 0.2) is 36.7 Å². The van der Waals surface area contributed by atoms with E-state index in [1.165, 1.54) is 6.92 Å². The maximum absolute atomic E-state index is 11.3. The topological polar surface area (TPSA) is 66.9 Å². The molecule has 0 aliphatic rings. The maximum atomic E-state index is 11.3. The van der Waals surface area contributed by atoms with Gasteiger partial charge in [-0.2, -0.15) is 0 Å². The number of nitrogens with one attached hydrogen (secondary N) is 2. The van der Waals surface area contributed by atoms with Gasteiger partial charge in [0.15, 0.2) is 0 Å². The standard InChI is InChI=1S/C19H20N4O/c1-11-5-6-17-16(7-11)19(21-10-20-17)23-15-8-12(2)18(13(3)9-15)22-14(4)24/h5-10H,1-4H3,(H,22,24)(H,20,21,23). The second kappa shape index (κ2) is 6.28. The van der Waals surface area contributed by atoms with E-state index in [4.69, 9.17) is 0 Å². The van der Waals surface area contributed by atoms with Gasteiger partial charge in [-0.3, -0.25) is 4.79 Å². The van der Waals surface area contributed by atoms with Crippen LogP contribution in [-0.4, -0.2) is 15.9 Å². The number of aryl methyl sites for hydroxylation is 3. The van der Waals surface area contributed by atoms with Gasteiger partial charge >= 0.3 is 0 Å². The van der Waals surface area contributed by atoms with E-state index in [1.54, 1.807) is 6.33 Å². The minimum Gasteiger partial charge on any atom is -0.340 e. The van der Waals surface area contributed by atoms with E-state index in [0.29, 0.717) is 0 Å². The minimum absolute atomic E-state index is 0.0702. The Labute approximate surface area is 141 Å². The van der Waals surface area contributed by atoms with E-state index < -0.39 is 0 Å². The zero-order chi connectivity index (χ0) is 17.3. The van der Waals surface area contributed by atoms with Crippen molar-refractivity contribution in [3.63, 3.8) is 0 Å². The number of benzene rings is 2. The van der Waals surface area contributed by atoms with Gasteiger partial charge in [0, 0.05) is 23.7 Å². The number of aromatic nitrogens is 2. The normalized spacial score (nSPS) is 10.7. The van der Waals surface area contributed by atoms with Crippen molar-refractivity contribution in [2.75, 3.05) is 10.6 Å². The third-order valence-corrected chi connectivity index (χ3v) is 3.89. The predicted molar refractivity (Wildman–Crippen MR) is 97.8 cm³/mol. The molecule has 1 heterocycles. The average molecular weight is 320 g/mol. The van der Waals surface area contributed by atoms with Crippen LogP contribution in [0.3, 0.4) is 0 Å². The molecule has 2 N–H and O–H groups in total. The SMILES string of the molecule is CC(=O)Nc1c(C)cc(Nc2ncnc3ccc(C)cc23)cc1C. The van der Waals surface area contributed by atoms with Crippen molar-refractivity contribution in [1.29, 1.82) is 0 Å². The molecule has 2 aromatic carbocycles. The number of hydrogen-bond donors (Lipinski definition) is 2. The molecule has 0 radical (unpaired) electrons. The smallest absolute Gasteiger partial charge is 0.221 e. The summed E-state index contributed by atoms with van der Waals surface area (Å²) in [7, 11) is 0. The van der Waals surface area contributed by atoms with E-state index in [1.807, 2.05) is 45.0 Å². The quantitative estimate of drug-likeness (QED) is 0.757. The van der Waals surface area contributed by atoms with E-state index in [-0.39, 0.29) is 5.91 Å². The molecule has 1 aromatic heterocycles. The Balaban J connectivity index is 2.00. The molecule has 0 saturated carbocycles. The Morgan fingerprint density at radius 2 is 1.71 bits per heavy atom. The molecular formula is C19H20N4O. The Hall–Kier alpha value is -2.95. The van der Waals surface area contributed by atoms with Crippen LogP contribution in [0.1, 0.15) is 23.6 Å². The van der Waals surface area contributed by atoms with Crippen LogP contribution in [0, 0.1) is 20.8 Å². The molecule has 0 aliphatic heterocycles. The first-order valence-corrected chi connectivity index (χ1v) is 7.81. The Morgan fingerprint density at radius 1 is 1.00 bits per heavy atom. The van der Waals surface area contributed by atoms with Crippen molar-refractivity contribution in [2.45, 2.75) is 27.7 Å². The summed E-state index contributed by atoms with van der Waals surface area (Å²) in [4.78, 5) is 20.0. The van der Waals surface area contributed by atoms with Crippen molar-refractivity contribution in [1.82, 2.24) is 9.97 Å². The molecule has 24 heavy (non-hydrogen) atoms. The Kier molecular flexibility index (Phi) is 4.16. The molecule has 5 heteroatoms. The highest BCUT2D eigenvalue weighted by atomic mass is 16.1. The molecule has 3 rings (SSSR count). The van der Waals surface area contributed by atoms with Gasteiger partial charge < -0.3 is 10.6 Å². The lowest BCUT2D eigenvalue weighted by Crippen LogP contribution is -2.09. The van der Waals surface area contributed by atoms with Crippen LogP contribution >= 0.6 is 0 Å². The Bertz CT molecular complexity index is 911. The average Bonchev–Trinajstić information content (AvgIpc) is 2.51. The van der Waals surface area contributed by atoms with Crippen LogP contribution in [0.5, 0.6) is 0 Å². The summed E-state index contributed by atoms with van der Waals surface area (Å²) in [6.45, 7) is 7.52. The molecule has 5 nitrogen and oxygen atoms in total. The third kappa shape index (κ3) is 3.20. The van der Waals surface area contributed by atoms with Gasteiger partial charge in [-0.15, -0.1) is 0 Å².